The van der Waals surface area contributed by atoms with Gasteiger partial charge in [-0.3, -0.25) is 4.79 Å². The van der Waals surface area contributed by atoms with Crippen LogP contribution >= 0.6 is 0 Å². The largest absolute Gasteiger partial charge is 0.505 e. The molecule has 1 aliphatic rings. The zero-order valence-corrected chi connectivity index (χ0v) is 17.4. The number of phenolic OH excluding ortho intramolecular Hbond substituents is 2. The fraction of sp³-hybridized carbons (Fsp3) is 0.160. The molecule has 34 heavy (non-hydrogen) atoms. The van der Waals surface area contributed by atoms with Crippen molar-refractivity contribution in [2.75, 3.05) is 0 Å². The lowest BCUT2D eigenvalue weighted by Gasteiger charge is -2.21. The van der Waals surface area contributed by atoms with Gasteiger partial charge in [-0.05, 0) is 60.7 Å². The second-order valence-electron chi connectivity index (χ2n) is 7.79. The van der Waals surface area contributed by atoms with Crippen LogP contribution in [0, 0.1) is 35.0 Å². The SMILES string of the molecule is O=C(Oc1ccc(O)c(F)c1F)C1CC=C(c2ccc(-c3ccc(O)c(F)c3F)cc2F)CC1. The molecule has 0 radical (unpaired) electrons. The van der Waals surface area contributed by atoms with Crippen molar-refractivity contribution in [2.45, 2.75) is 19.3 Å². The molecule has 0 saturated heterocycles. The van der Waals surface area contributed by atoms with Gasteiger partial charge in [0.05, 0.1) is 5.92 Å². The van der Waals surface area contributed by atoms with Crippen molar-refractivity contribution in [1.82, 2.24) is 0 Å². The van der Waals surface area contributed by atoms with Crippen LogP contribution in [0.1, 0.15) is 24.8 Å². The standard InChI is InChI=1S/C25H17F5O4/c26-17-11-14(16-7-8-18(31)22(28)21(16)27)5-6-15(17)12-1-3-13(4-2-12)25(33)34-20-10-9-19(32)23(29)24(20)30/h1,5-11,13,31-32H,2-4H2. The Hall–Kier alpha value is -3.88. The van der Waals surface area contributed by atoms with Crippen molar-refractivity contribution in [3.8, 4) is 28.4 Å². The van der Waals surface area contributed by atoms with E-state index in [1.54, 1.807) is 6.08 Å². The van der Waals surface area contributed by atoms with Gasteiger partial charge in [0.1, 0.15) is 5.82 Å². The van der Waals surface area contributed by atoms with Crippen molar-refractivity contribution >= 4 is 11.5 Å². The Bertz CT molecular complexity index is 1320. The Labute approximate surface area is 190 Å². The van der Waals surface area contributed by atoms with Gasteiger partial charge in [0, 0.05) is 11.1 Å². The summed E-state index contributed by atoms with van der Waals surface area (Å²) in [6.07, 6.45) is 2.33. The maximum Gasteiger partial charge on any atom is 0.314 e. The molecule has 0 heterocycles. The van der Waals surface area contributed by atoms with Gasteiger partial charge in [-0.2, -0.15) is 13.2 Å². The summed E-state index contributed by atoms with van der Waals surface area (Å²) in [6.45, 7) is 0. The Morgan fingerprint density at radius 1 is 0.824 bits per heavy atom. The summed E-state index contributed by atoms with van der Waals surface area (Å²) in [5, 5.41) is 18.4. The second kappa shape index (κ2) is 9.17. The number of rotatable bonds is 4. The van der Waals surface area contributed by atoms with Crippen LogP contribution in [0.25, 0.3) is 16.7 Å². The Kier molecular flexibility index (Phi) is 6.28. The van der Waals surface area contributed by atoms with Crippen molar-refractivity contribution < 1.29 is 41.7 Å². The fourth-order valence-corrected chi connectivity index (χ4v) is 3.79. The topological polar surface area (TPSA) is 66.8 Å². The molecule has 0 amide bonds. The lowest BCUT2D eigenvalue weighted by molar-refractivity contribution is -0.139. The molecule has 1 unspecified atom stereocenters. The van der Waals surface area contributed by atoms with Gasteiger partial charge in [-0.1, -0.05) is 18.2 Å². The molecule has 3 aromatic carbocycles. The molecule has 4 nitrogen and oxygen atoms in total. The summed E-state index contributed by atoms with van der Waals surface area (Å²) in [6, 6.07) is 7.79. The zero-order chi connectivity index (χ0) is 24.6. The average molecular weight is 476 g/mol. The molecule has 1 aliphatic carbocycles. The van der Waals surface area contributed by atoms with E-state index in [0.717, 1.165) is 30.3 Å². The van der Waals surface area contributed by atoms with Crippen molar-refractivity contribution in [1.29, 1.82) is 0 Å². The number of benzene rings is 3. The fourth-order valence-electron chi connectivity index (χ4n) is 3.79. The molecular formula is C25H17F5O4. The Morgan fingerprint density at radius 2 is 1.47 bits per heavy atom. The van der Waals surface area contributed by atoms with Crippen LogP contribution in [-0.4, -0.2) is 16.2 Å². The van der Waals surface area contributed by atoms with Gasteiger partial charge >= 0.3 is 5.97 Å². The van der Waals surface area contributed by atoms with Crippen molar-refractivity contribution in [3.63, 3.8) is 0 Å². The predicted molar refractivity (Wildman–Crippen MR) is 112 cm³/mol. The minimum absolute atomic E-state index is 0.0821. The maximum absolute atomic E-state index is 14.8. The number of halogens is 5. The Balaban J connectivity index is 1.49. The van der Waals surface area contributed by atoms with Crippen LogP contribution in [0.3, 0.4) is 0 Å². The monoisotopic (exact) mass is 476 g/mol. The molecule has 176 valence electrons. The third-order valence-electron chi connectivity index (χ3n) is 5.67. The highest BCUT2D eigenvalue weighted by molar-refractivity contribution is 5.78. The summed E-state index contributed by atoms with van der Waals surface area (Å²) < 4.78 is 74.7. The van der Waals surface area contributed by atoms with Gasteiger partial charge in [-0.25, -0.2) is 8.78 Å². The van der Waals surface area contributed by atoms with Crippen LogP contribution < -0.4 is 4.74 Å². The van der Waals surface area contributed by atoms with E-state index in [0.29, 0.717) is 5.57 Å². The quantitative estimate of drug-likeness (QED) is 0.265. The number of carbonyl (C=O) groups is 1. The number of aromatic hydroxyl groups is 2. The van der Waals surface area contributed by atoms with E-state index in [4.69, 9.17) is 9.84 Å². The van der Waals surface area contributed by atoms with E-state index in [2.05, 4.69) is 0 Å². The highest BCUT2D eigenvalue weighted by Crippen LogP contribution is 2.36. The van der Waals surface area contributed by atoms with E-state index < -0.39 is 58.2 Å². The van der Waals surface area contributed by atoms with Crippen LogP contribution in [0.15, 0.2) is 48.5 Å². The summed E-state index contributed by atoms with van der Waals surface area (Å²) in [5.74, 6) is -10.3. The van der Waals surface area contributed by atoms with Crippen molar-refractivity contribution in [2.24, 2.45) is 5.92 Å². The van der Waals surface area contributed by atoms with Crippen LogP contribution in [-0.2, 0) is 4.79 Å². The first kappa shape index (κ1) is 23.3. The molecule has 0 aromatic heterocycles. The number of hydrogen-bond donors (Lipinski definition) is 2. The molecule has 9 heteroatoms. The minimum atomic E-state index is -1.52. The predicted octanol–water partition coefficient (Wildman–Crippen LogP) is 6.25. The molecule has 1 atom stereocenters. The van der Waals surface area contributed by atoms with E-state index in [-0.39, 0.29) is 36.0 Å². The van der Waals surface area contributed by atoms with Gasteiger partial charge in [0.25, 0.3) is 0 Å². The smallest absolute Gasteiger partial charge is 0.314 e. The first-order valence-electron chi connectivity index (χ1n) is 10.2. The number of phenols is 2. The van der Waals surface area contributed by atoms with Gasteiger partial charge < -0.3 is 14.9 Å². The van der Waals surface area contributed by atoms with E-state index in [9.17, 15) is 31.9 Å². The first-order valence-corrected chi connectivity index (χ1v) is 10.2. The second-order valence-corrected chi connectivity index (χ2v) is 7.79. The third-order valence-corrected chi connectivity index (χ3v) is 5.67. The van der Waals surface area contributed by atoms with E-state index >= 15 is 0 Å². The van der Waals surface area contributed by atoms with Crippen LogP contribution in [0.4, 0.5) is 22.0 Å². The maximum atomic E-state index is 14.8. The molecule has 2 N–H and O–H groups in total. The first-order chi connectivity index (χ1) is 16.2. The highest BCUT2D eigenvalue weighted by Gasteiger charge is 2.27. The average Bonchev–Trinajstić information content (AvgIpc) is 2.83. The van der Waals surface area contributed by atoms with Gasteiger partial charge in [0.15, 0.2) is 23.1 Å². The van der Waals surface area contributed by atoms with Crippen LogP contribution in [0.2, 0.25) is 0 Å². The molecule has 4 rings (SSSR count). The number of ether oxygens (including phenoxy) is 1. The number of hydrogen-bond acceptors (Lipinski definition) is 4. The highest BCUT2D eigenvalue weighted by atomic mass is 19.2. The summed E-state index contributed by atoms with van der Waals surface area (Å²) in [5.41, 5.74) is 0.687. The van der Waals surface area contributed by atoms with E-state index in [1.165, 1.54) is 12.1 Å². The number of carbonyl (C=O) groups excluding carboxylic acids is 1. The molecular weight excluding hydrogens is 459 g/mol. The summed E-state index contributed by atoms with van der Waals surface area (Å²) >= 11 is 0. The van der Waals surface area contributed by atoms with Crippen LogP contribution in [0.5, 0.6) is 17.2 Å². The third kappa shape index (κ3) is 4.33. The molecule has 0 bridgehead atoms. The van der Waals surface area contributed by atoms with E-state index in [1.807, 2.05) is 0 Å². The molecule has 0 spiro atoms. The van der Waals surface area contributed by atoms with Crippen molar-refractivity contribution in [3.05, 3.63) is 83.2 Å². The molecule has 3 aromatic rings. The normalized spacial score (nSPS) is 15.7. The summed E-state index contributed by atoms with van der Waals surface area (Å²) in [7, 11) is 0. The molecule has 0 fully saturated rings. The lowest BCUT2D eigenvalue weighted by Crippen LogP contribution is -2.22. The number of allylic oxidation sites excluding steroid dienone is 2. The number of esters is 1. The zero-order valence-electron chi connectivity index (χ0n) is 17.4. The molecule has 0 saturated carbocycles. The Morgan fingerprint density at radius 3 is 2.12 bits per heavy atom. The lowest BCUT2D eigenvalue weighted by atomic mass is 9.86. The minimum Gasteiger partial charge on any atom is -0.505 e. The molecule has 0 aliphatic heterocycles. The van der Waals surface area contributed by atoms with Gasteiger partial charge in [-0.15, -0.1) is 0 Å². The van der Waals surface area contributed by atoms with Gasteiger partial charge in [0.2, 0.25) is 17.5 Å². The summed E-state index contributed by atoms with van der Waals surface area (Å²) in [4.78, 5) is 12.3.